The smallest absolute Gasteiger partial charge is 0.158 e. The summed E-state index contributed by atoms with van der Waals surface area (Å²) in [6, 6.07) is 7.85. The third-order valence-electron chi connectivity index (χ3n) is 4.84. The molecule has 27 heavy (non-hydrogen) atoms. The van der Waals surface area contributed by atoms with E-state index in [0.717, 1.165) is 62.9 Å². The fourth-order valence-corrected chi connectivity index (χ4v) is 3.28. The van der Waals surface area contributed by atoms with Crippen molar-refractivity contribution in [2.45, 2.75) is 57.2 Å². The van der Waals surface area contributed by atoms with Crippen LogP contribution < -0.4 is 0 Å². The molecule has 2 aliphatic rings. The van der Waals surface area contributed by atoms with Crippen LogP contribution in [0.3, 0.4) is 0 Å². The maximum Gasteiger partial charge on any atom is 0.158 e. The van der Waals surface area contributed by atoms with Gasteiger partial charge >= 0.3 is 0 Å². The Labute approximate surface area is 162 Å². The van der Waals surface area contributed by atoms with Gasteiger partial charge in [-0.3, -0.25) is 0 Å². The van der Waals surface area contributed by atoms with Crippen molar-refractivity contribution in [3.05, 3.63) is 35.4 Å². The van der Waals surface area contributed by atoms with Gasteiger partial charge in [0.2, 0.25) is 0 Å². The molecule has 3 atom stereocenters. The van der Waals surface area contributed by atoms with Crippen molar-refractivity contribution in [1.29, 1.82) is 0 Å². The Morgan fingerprint density at radius 3 is 2.30 bits per heavy atom. The molecule has 148 valence electrons. The largest absolute Gasteiger partial charge is 0.376 e. The Balaban J connectivity index is 1.47. The highest BCUT2D eigenvalue weighted by Crippen LogP contribution is 2.25. The van der Waals surface area contributed by atoms with Crippen LogP contribution in [0.5, 0.6) is 0 Å². The van der Waals surface area contributed by atoms with Crippen molar-refractivity contribution in [1.82, 2.24) is 0 Å². The average molecular weight is 374 g/mol. The number of hydrogen-bond donors (Lipinski definition) is 0. The highest BCUT2D eigenvalue weighted by Gasteiger charge is 2.21. The molecule has 2 unspecified atom stereocenters. The molecular weight excluding hydrogens is 344 g/mol. The van der Waals surface area contributed by atoms with E-state index >= 15 is 0 Å². The van der Waals surface area contributed by atoms with Crippen LogP contribution in [0.4, 0.5) is 0 Å². The topological polar surface area (TPSA) is 46.2 Å². The van der Waals surface area contributed by atoms with Crippen LogP contribution in [0.1, 0.15) is 55.8 Å². The Bertz CT molecular complexity index is 567. The van der Waals surface area contributed by atoms with E-state index in [1.807, 2.05) is 24.3 Å². The highest BCUT2D eigenvalue weighted by atomic mass is 16.7. The first-order valence-corrected chi connectivity index (χ1v) is 10.00. The number of benzene rings is 1. The van der Waals surface area contributed by atoms with Crippen LogP contribution in [-0.4, -0.2) is 45.6 Å². The van der Waals surface area contributed by atoms with E-state index in [2.05, 4.69) is 5.92 Å². The van der Waals surface area contributed by atoms with E-state index in [9.17, 15) is 0 Å². The lowest BCUT2D eigenvalue weighted by Gasteiger charge is -2.28. The van der Waals surface area contributed by atoms with Crippen molar-refractivity contribution >= 4 is 0 Å². The summed E-state index contributed by atoms with van der Waals surface area (Å²) in [5, 5.41) is 0. The molecule has 0 spiro atoms. The SMILES string of the molecule is C#Cc1ccc([C@@H](COCCOC2CCCCO2)OC2CCCCO2)cc1. The van der Waals surface area contributed by atoms with E-state index < -0.39 is 0 Å². The Kier molecular flexibility index (Phi) is 8.60. The first-order chi connectivity index (χ1) is 13.3. The van der Waals surface area contributed by atoms with Gasteiger partial charge in [0, 0.05) is 18.8 Å². The van der Waals surface area contributed by atoms with Crippen molar-refractivity contribution in [3.63, 3.8) is 0 Å². The monoisotopic (exact) mass is 374 g/mol. The maximum absolute atomic E-state index is 6.18. The van der Waals surface area contributed by atoms with Crippen LogP contribution in [0.15, 0.2) is 24.3 Å². The minimum atomic E-state index is -0.189. The first-order valence-electron chi connectivity index (χ1n) is 10.00. The summed E-state index contributed by atoms with van der Waals surface area (Å²) in [5.41, 5.74) is 1.90. The predicted molar refractivity (Wildman–Crippen MR) is 102 cm³/mol. The van der Waals surface area contributed by atoms with Gasteiger partial charge in [0.1, 0.15) is 6.10 Å². The summed E-state index contributed by atoms with van der Waals surface area (Å²) in [7, 11) is 0. The Hall–Kier alpha value is -1.42. The Morgan fingerprint density at radius 1 is 0.963 bits per heavy atom. The number of rotatable bonds is 9. The molecule has 0 bridgehead atoms. The summed E-state index contributed by atoms with van der Waals surface area (Å²) in [6.07, 6.45) is 11.4. The van der Waals surface area contributed by atoms with Crippen LogP contribution in [0.2, 0.25) is 0 Å². The second kappa shape index (κ2) is 11.4. The molecule has 5 heteroatoms. The number of ether oxygens (including phenoxy) is 5. The third kappa shape index (κ3) is 6.91. The minimum Gasteiger partial charge on any atom is -0.376 e. The molecule has 0 N–H and O–H groups in total. The zero-order valence-corrected chi connectivity index (χ0v) is 15.9. The summed E-state index contributed by atoms with van der Waals surface area (Å²) in [4.78, 5) is 0. The van der Waals surface area contributed by atoms with Gasteiger partial charge in [0.25, 0.3) is 0 Å². The molecule has 0 saturated carbocycles. The van der Waals surface area contributed by atoms with Crippen LogP contribution >= 0.6 is 0 Å². The number of terminal acetylenes is 1. The van der Waals surface area contributed by atoms with E-state index in [-0.39, 0.29) is 18.7 Å². The van der Waals surface area contributed by atoms with Crippen molar-refractivity contribution in [2.24, 2.45) is 0 Å². The van der Waals surface area contributed by atoms with Gasteiger partial charge in [-0.25, -0.2) is 0 Å². The molecule has 2 fully saturated rings. The second-order valence-corrected chi connectivity index (χ2v) is 6.93. The highest BCUT2D eigenvalue weighted by molar-refractivity contribution is 5.34. The first kappa shape index (κ1) is 20.3. The lowest BCUT2D eigenvalue weighted by atomic mass is 10.1. The lowest BCUT2D eigenvalue weighted by Crippen LogP contribution is -2.27. The molecular formula is C22H30O5. The van der Waals surface area contributed by atoms with Crippen molar-refractivity contribution in [3.8, 4) is 12.3 Å². The summed E-state index contributed by atoms with van der Waals surface area (Å²) in [5.74, 6) is 2.64. The van der Waals surface area contributed by atoms with Gasteiger partial charge in [0.15, 0.2) is 12.6 Å². The molecule has 0 amide bonds. The zero-order valence-electron chi connectivity index (χ0n) is 15.9. The third-order valence-corrected chi connectivity index (χ3v) is 4.84. The van der Waals surface area contributed by atoms with Gasteiger partial charge in [-0.05, 0) is 56.2 Å². The van der Waals surface area contributed by atoms with Crippen molar-refractivity contribution in [2.75, 3.05) is 33.0 Å². The number of hydrogen-bond acceptors (Lipinski definition) is 5. The molecule has 5 nitrogen and oxygen atoms in total. The van der Waals surface area contributed by atoms with E-state index in [1.54, 1.807) is 0 Å². The lowest BCUT2D eigenvalue weighted by molar-refractivity contribution is -0.203. The summed E-state index contributed by atoms with van der Waals surface area (Å²) in [6.45, 7) is 3.02. The Morgan fingerprint density at radius 2 is 1.67 bits per heavy atom. The van der Waals surface area contributed by atoms with Gasteiger partial charge in [-0.15, -0.1) is 6.42 Å². The molecule has 2 saturated heterocycles. The molecule has 0 aromatic heterocycles. The predicted octanol–water partition coefficient (Wildman–Crippen LogP) is 3.81. The summed E-state index contributed by atoms with van der Waals surface area (Å²) < 4.78 is 29.0. The van der Waals surface area contributed by atoms with E-state index in [0.29, 0.717) is 19.8 Å². The molecule has 2 heterocycles. The van der Waals surface area contributed by atoms with Gasteiger partial charge in [-0.2, -0.15) is 0 Å². The fraction of sp³-hybridized carbons (Fsp3) is 0.636. The molecule has 2 aliphatic heterocycles. The van der Waals surface area contributed by atoms with E-state index in [1.165, 1.54) is 0 Å². The molecule has 1 aromatic carbocycles. The van der Waals surface area contributed by atoms with Gasteiger partial charge in [0.05, 0.1) is 19.8 Å². The standard InChI is InChI=1S/C22H30O5/c1-2-18-9-11-19(12-10-18)20(27-22-8-4-6-14-25-22)17-23-15-16-26-21-7-3-5-13-24-21/h1,9-12,20-22H,3-8,13-17H2/t20-,21?,22?/m1/s1. The second-order valence-electron chi connectivity index (χ2n) is 6.93. The quantitative estimate of drug-likeness (QED) is 0.486. The van der Waals surface area contributed by atoms with Gasteiger partial charge < -0.3 is 23.7 Å². The van der Waals surface area contributed by atoms with Crippen LogP contribution in [0, 0.1) is 12.3 Å². The van der Waals surface area contributed by atoms with Crippen molar-refractivity contribution < 1.29 is 23.7 Å². The minimum absolute atomic E-state index is 0.0821. The fourth-order valence-electron chi connectivity index (χ4n) is 3.28. The maximum atomic E-state index is 6.18. The normalized spacial score (nSPS) is 24.3. The average Bonchev–Trinajstić information content (AvgIpc) is 2.74. The van der Waals surface area contributed by atoms with Gasteiger partial charge in [-0.1, -0.05) is 18.1 Å². The molecule has 3 rings (SSSR count). The van der Waals surface area contributed by atoms with Crippen LogP contribution in [0.25, 0.3) is 0 Å². The molecule has 0 aliphatic carbocycles. The summed E-state index contributed by atoms with van der Waals surface area (Å²) >= 11 is 0. The zero-order chi connectivity index (χ0) is 18.7. The molecule has 0 radical (unpaired) electrons. The van der Waals surface area contributed by atoms with E-state index in [4.69, 9.17) is 30.1 Å². The van der Waals surface area contributed by atoms with Crippen LogP contribution in [-0.2, 0) is 23.7 Å². The molecule has 1 aromatic rings.